The van der Waals surface area contributed by atoms with Crippen LogP contribution in [-0.4, -0.2) is 44.3 Å². The van der Waals surface area contributed by atoms with Gasteiger partial charge >= 0.3 is 6.09 Å². The molecule has 28 heavy (non-hydrogen) atoms. The Morgan fingerprint density at radius 2 is 2.00 bits per heavy atom. The van der Waals surface area contributed by atoms with E-state index in [2.05, 4.69) is 24.1 Å². The highest BCUT2D eigenvalue weighted by molar-refractivity contribution is 5.90. The normalized spacial score (nSPS) is 19.6. The molecule has 1 aromatic carbocycles. The number of allylic oxidation sites excluding steroid dienone is 1. The molecule has 1 aromatic rings. The molecule has 0 spiro atoms. The highest BCUT2D eigenvalue weighted by Gasteiger charge is 2.33. The number of anilines is 2. The minimum absolute atomic E-state index is 0.182. The van der Waals surface area contributed by atoms with Crippen LogP contribution in [0.2, 0.25) is 0 Å². The van der Waals surface area contributed by atoms with Gasteiger partial charge in [-0.1, -0.05) is 18.1 Å². The SMILES string of the molecule is CCC(C)=C1CCN(c2ccc(N3C[C@H](CNC(C)=O)OC3=O)cc2F)CC1. The van der Waals surface area contributed by atoms with Gasteiger partial charge in [0.15, 0.2) is 0 Å². The number of nitrogens with one attached hydrogen (secondary N) is 1. The average molecular weight is 389 g/mol. The van der Waals surface area contributed by atoms with Gasteiger partial charge in [-0.2, -0.15) is 0 Å². The summed E-state index contributed by atoms with van der Waals surface area (Å²) in [6, 6.07) is 4.88. The molecule has 2 fully saturated rings. The Balaban J connectivity index is 1.66. The van der Waals surface area contributed by atoms with Gasteiger partial charge in [-0.3, -0.25) is 9.69 Å². The van der Waals surface area contributed by atoms with E-state index >= 15 is 0 Å². The number of rotatable bonds is 5. The number of carbonyl (C=O) groups excluding carboxylic acids is 2. The number of amides is 2. The van der Waals surface area contributed by atoms with Crippen molar-refractivity contribution < 1.29 is 18.7 Å². The number of piperidine rings is 1. The van der Waals surface area contributed by atoms with Gasteiger partial charge in [0.25, 0.3) is 0 Å². The molecule has 0 bridgehead atoms. The topological polar surface area (TPSA) is 61.9 Å². The minimum Gasteiger partial charge on any atom is -0.442 e. The number of hydrogen-bond donors (Lipinski definition) is 1. The number of ether oxygens (including phenoxy) is 1. The Kier molecular flexibility index (Phi) is 6.21. The Bertz CT molecular complexity index is 783. The highest BCUT2D eigenvalue weighted by atomic mass is 19.1. The Morgan fingerprint density at radius 1 is 1.29 bits per heavy atom. The smallest absolute Gasteiger partial charge is 0.414 e. The summed E-state index contributed by atoms with van der Waals surface area (Å²) in [6.07, 6.45) is 2.03. The number of benzene rings is 1. The van der Waals surface area contributed by atoms with Crippen LogP contribution in [0, 0.1) is 5.82 Å². The Labute approximate surface area is 165 Å². The second-order valence-electron chi connectivity index (χ2n) is 7.41. The van der Waals surface area contributed by atoms with Gasteiger partial charge < -0.3 is 15.0 Å². The van der Waals surface area contributed by atoms with Crippen molar-refractivity contribution in [2.24, 2.45) is 0 Å². The van der Waals surface area contributed by atoms with Crippen LogP contribution in [0.25, 0.3) is 0 Å². The predicted molar refractivity (Wildman–Crippen MR) is 107 cm³/mol. The summed E-state index contributed by atoms with van der Waals surface area (Å²) >= 11 is 0. The van der Waals surface area contributed by atoms with Gasteiger partial charge in [0.2, 0.25) is 5.91 Å². The van der Waals surface area contributed by atoms with Crippen molar-refractivity contribution in [1.29, 1.82) is 0 Å². The van der Waals surface area contributed by atoms with Crippen molar-refractivity contribution in [2.45, 2.75) is 46.1 Å². The highest BCUT2D eigenvalue weighted by Crippen LogP contribution is 2.31. The molecular formula is C21H28FN3O3. The van der Waals surface area contributed by atoms with Crippen molar-refractivity contribution in [1.82, 2.24) is 5.32 Å². The predicted octanol–water partition coefficient (Wildman–Crippen LogP) is 3.61. The molecule has 2 aliphatic rings. The molecule has 0 unspecified atom stereocenters. The fraction of sp³-hybridized carbons (Fsp3) is 0.524. The summed E-state index contributed by atoms with van der Waals surface area (Å²) in [4.78, 5) is 26.6. The number of nitrogens with zero attached hydrogens (tertiary/aromatic N) is 2. The zero-order chi connectivity index (χ0) is 20.3. The molecule has 2 heterocycles. The van der Waals surface area contributed by atoms with Gasteiger partial charge in [-0.05, 0) is 44.4 Å². The first kappa shape index (κ1) is 20.2. The molecule has 1 atom stereocenters. The number of carbonyl (C=O) groups is 2. The van der Waals surface area contributed by atoms with Crippen LogP contribution in [0.5, 0.6) is 0 Å². The zero-order valence-corrected chi connectivity index (χ0v) is 16.8. The number of hydrogen-bond acceptors (Lipinski definition) is 4. The lowest BCUT2D eigenvalue weighted by Crippen LogP contribution is -2.33. The maximum Gasteiger partial charge on any atom is 0.414 e. The summed E-state index contributed by atoms with van der Waals surface area (Å²) in [6.45, 7) is 7.88. The van der Waals surface area contributed by atoms with E-state index in [9.17, 15) is 14.0 Å². The molecular weight excluding hydrogens is 361 g/mol. The molecule has 7 heteroatoms. The molecule has 2 saturated heterocycles. The lowest BCUT2D eigenvalue weighted by atomic mass is 9.97. The van der Waals surface area contributed by atoms with Crippen molar-refractivity contribution in [2.75, 3.05) is 36.0 Å². The third-order valence-corrected chi connectivity index (χ3v) is 5.54. The van der Waals surface area contributed by atoms with E-state index in [0.717, 1.165) is 32.4 Å². The van der Waals surface area contributed by atoms with Crippen molar-refractivity contribution >= 4 is 23.4 Å². The molecule has 152 valence electrons. The fourth-order valence-electron chi connectivity index (χ4n) is 3.71. The second-order valence-corrected chi connectivity index (χ2v) is 7.41. The zero-order valence-electron chi connectivity index (χ0n) is 16.8. The van der Waals surface area contributed by atoms with Gasteiger partial charge in [-0.15, -0.1) is 0 Å². The summed E-state index contributed by atoms with van der Waals surface area (Å²) in [5.74, 6) is -0.520. The molecule has 2 amide bonds. The van der Waals surface area contributed by atoms with Crippen LogP contribution in [0.1, 0.15) is 40.0 Å². The van der Waals surface area contributed by atoms with Crippen LogP contribution >= 0.6 is 0 Å². The average Bonchev–Trinajstić information content (AvgIpc) is 3.06. The van der Waals surface area contributed by atoms with Crippen LogP contribution in [0.3, 0.4) is 0 Å². The van der Waals surface area contributed by atoms with Gasteiger partial charge in [0, 0.05) is 20.0 Å². The van der Waals surface area contributed by atoms with Crippen molar-refractivity contribution in [3.63, 3.8) is 0 Å². The third-order valence-electron chi connectivity index (χ3n) is 5.54. The Morgan fingerprint density at radius 3 is 2.61 bits per heavy atom. The fourth-order valence-corrected chi connectivity index (χ4v) is 3.71. The molecule has 0 saturated carbocycles. The molecule has 0 aliphatic carbocycles. The van der Waals surface area contributed by atoms with Gasteiger partial charge in [0.05, 0.1) is 24.5 Å². The second kappa shape index (κ2) is 8.63. The van der Waals surface area contributed by atoms with E-state index in [1.807, 2.05) is 0 Å². The first-order chi connectivity index (χ1) is 13.4. The van der Waals surface area contributed by atoms with Crippen LogP contribution in [0.4, 0.5) is 20.6 Å². The van der Waals surface area contributed by atoms with Crippen LogP contribution in [0.15, 0.2) is 29.3 Å². The first-order valence-electron chi connectivity index (χ1n) is 9.83. The van der Waals surface area contributed by atoms with E-state index in [0.29, 0.717) is 11.4 Å². The minimum atomic E-state index is -0.523. The standard InChI is InChI=1S/C21H28FN3O3/c1-4-14(2)16-7-9-24(10-8-16)20-6-5-17(11-19(20)22)25-13-18(28-21(25)27)12-23-15(3)26/h5-6,11,18H,4,7-10,12-13H2,1-3H3,(H,23,26)/t18-/m0/s1. The summed E-state index contributed by atoms with van der Waals surface area (Å²) in [7, 11) is 0. The van der Waals surface area contributed by atoms with Crippen molar-refractivity contribution in [3.8, 4) is 0 Å². The molecule has 3 rings (SSSR count). The van der Waals surface area contributed by atoms with Crippen LogP contribution < -0.4 is 15.1 Å². The maximum atomic E-state index is 14.8. The first-order valence-corrected chi connectivity index (χ1v) is 9.83. The van der Waals surface area contributed by atoms with Gasteiger partial charge in [-0.25, -0.2) is 9.18 Å². The van der Waals surface area contributed by atoms with E-state index in [1.165, 1.54) is 29.0 Å². The molecule has 6 nitrogen and oxygen atoms in total. The van der Waals surface area contributed by atoms with Crippen LogP contribution in [-0.2, 0) is 9.53 Å². The molecule has 0 aromatic heterocycles. The van der Waals surface area contributed by atoms with E-state index in [4.69, 9.17) is 4.74 Å². The summed E-state index contributed by atoms with van der Waals surface area (Å²) in [5.41, 5.74) is 3.97. The van der Waals surface area contributed by atoms with E-state index in [-0.39, 0.29) is 24.8 Å². The molecule has 1 N–H and O–H groups in total. The summed E-state index contributed by atoms with van der Waals surface area (Å²) in [5, 5.41) is 2.63. The summed E-state index contributed by atoms with van der Waals surface area (Å²) < 4.78 is 20.0. The maximum absolute atomic E-state index is 14.8. The lowest BCUT2D eigenvalue weighted by molar-refractivity contribution is -0.119. The quantitative estimate of drug-likeness (QED) is 0.782. The molecule has 2 aliphatic heterocycles. The number of halogens is 1. The largest absolute Gasteiger partial charge is 0.442 e. The molecule has 0 radical (unpaired) electrons. The van der Waals surface area contributed by atoms with E-state index < -0.39 is 12.2 Å². The Hall–Kier alpha value is -2.57. The van der Waals surface area contributed by atoms with Gasteiger partial charge in [0.1, 0.15) is 11.9 Å². The monoisotopic (exact) mass is 389 g/mol. The van der Waals surface area contributed by atoms with Crippen molar-refractivity contribution in [3.05, 3.63) is 35.2 Å². The lowest BCUT2D eigenvalue weighted by Gasteiger charge is -2.32. The third kappa shape index (κ3) is 4.46. The van der Waals surface area contributed by atoms with E-state index in [1.54, 1.807) is 12.1 Å². The number of cyclic esters (lactones) is 1.